The molecule has 1 fully saturated rings. The Morgan fingerprint density at radius 2 is 2.26 bits per heavy atom. The van der Waals surface area contributed by atoms with E-state index < -0.39 is 4.92 Å². The first-order valence-electron chi connectivity index (χ1n) is 6.07. The molecule has 0 saturated carbocycles. The Balaban J connectivity index is 2.23. The summed E-state index contributed by atoms with van der Waals surface area (Å²) < 4.78 is 5.47. The van der Waals surface area contributed by atoms with Crippen molar-refractivity contribution in [3.8, 4) is 0 Å². The van der Waals surface area contributed by atoms with E-state index in [1.807, 2.05) is 13.8 Å². The van der Waals surface area contributed by atoms with Gasteiger partial charge in [0.05, 0.1) is 33.4 Å². The molecule has 2 unspecified atom stereocenters. The van der Waals surface area contributed by atoms with E-state index in [2.05, 4.69) is 0 Å². The molecule has 0 spiro atoms. The number of rotatable bonds is 2. The molecule has 0 bridgehead atoms. The van der Waals surface area contributed by atoms with Crippen LogP contribution < -0.4 is 0 Å². The van der Waals surface area contributed by atoms with Crippen molar-refractivity contribution in [1.82, 2.24) is 4.90 Å². The number of morpholine rings is 1. The molecule has 1 aromatic rings. The van der Waals surface area contributed by atoms with Crippen LogP contribution in [0.15, 0.2) is 6.07 Å². The Hall–Kier alpha value is -1.47. The Bertz CT molecular complexity index is 514. The quantitative estimate of drug-likeness (QED) is 0.616. The van der Waals surface area contributed by atoms with Gasteiger partial charge < -0.3 is 9.64 Å². The molecule has 0 N–H and O–H groups in total. The molecule has 2 heterocycles. The van der Waals surface area contributed by atoms with E-state index in [0.717, 1.165) is 0 Å². The van der Waals surface area contributed by atoms with Crippen LogP contribution in [-0.4, -0.2) is 41.0 Å². The van der Waals surface area contributed by atoms with E-state index in [1.54, 1.807) is 11.8 Å². The largest absolute Gasteiger partial charge is 0.375 e. The molecule has 1 saturated heterocycles. The van der Waals surface area contributed by atoms with E-state index in [-0.39, 0.29) is 23.7 Å². The first-order chi connectivity index (χ1) is 8.90. The number of aryl methyl sites for hydroxylation is 1. The predicted molar refractivity (Wildman–Crippen MR) is 71.6 cm³/mol. The van der Waals surface area contributed by atoms with Crippen LogP contribution in [-0.2, 0) is 4.74 Å². The summed E-state index contributed by atoms with van der Waals surface area (Å²) in [5.41, 5.74) is 0.0160. The summed E-state index contributed by atoms with van der Waals surface area (Å²) in [6.07, 6.45) is -0.00352. The summed E-state index contributed by atoms with van der Waals surface area (Å²) in [7, 11) is 0. The molecule has 104 valence electrons. The van der Waals surface area contributed by atoms with Gasteiger partial charge in [-0.2, -0.15) is 0 Å². The van der Waals surface area contributed by atoms with Crippen LogP contribution in [0.25, 0.3) is 0 Å². The zero-order valence-electron chi connectivity index (χ0n) is 11.1. The molecule has 1 amide bonds. The second-order valence-electron chi connectivity index (χ2n) is 4.76. The minimum atomic E-state index is -0.450. The van der Waals surface area contributed by atoms with Gasteiger partial charge >= 0.3 is 0 Å². The van der Waals surface area contributed by atoms with Crippen molar-refractivity contribution in [2.24, 2.45) is 0 Å². The third kappa shape index (κ3) is 2.76. The summed E-state index contributed by atoms with van der Waals surface area (Å²) in [4.78, 5) is 25.5. The highest BCUT2D eigenvalue weighted by Gasteiger charge is 2.30. The van der Waals surface area contributed by atoms with Crippen LogP contribution in [0.2, 0.25) is 0 Å². The topological polar surface area (TPSA) is 72.7 Å². The molecule has 1 aliphatic heterocycles. The Labute approximate surface area is 115 Å². The fraction of sp³-hybridized carbons (Fsp3) is 0.583. The van der Waals surface area contributed by atoms with Crippen molar-refractivity contribution >= 4 is 22.9 Å². The molecule has 1 aromatic heterocycles. The lowest BCUT2D eigenvalue weighted by atomic mass is 10.2. The molecule has 19 heavy (non-hydrogen) atoms. The highest BCUT2D eigenvalue weighted by atomic mass is 32.1. The van der Waals surface area contributed by atoms with Crippen LogP contribution in [0.5, 0.6) is 0 Å². The SMILES string of the molecule is Cc1sc(C(=O)N2CC(C)OCC2C)cc1[N+](=O)[O-]. The Morgan fingerprint density at radius 1 is 1.58 bits per heavy atom. The molecule has 0 radical (unpaired) electrons. The number of nitrogens with zero attached hydrogens (tertiary/aromatic N) is 2. The molecule has 6 nitrogen and oxygen atoms in total. The third-order valence-electron chi connectivity index (χ3n) is 3.17. The first kappa shape index (κ1) is 14.0. The number of ether oxygens (including phenoxy) is 1. The van der Waals surface area contributed by atoms with Crippen LogP contribution in [0, 0.1) is 17.0 Å². The van der Waals surface area contributed by atoms with Gasteiger partial charge in [-0.15, -0.1) is 11.3 Å². The number of carbonyl (C=O) groups is 1. The minimum absolute atomic E-state index is 0.00352. The van der Waals surface area contributed by atoms with Crippen molar-refractivity contribution in [3.05, 3.63) is 25.9 Å². The van der Waals surface area contributed by atoms with Gasteiger partial charge in [0, 0.05) is 12.6 Å². The van der Waals surface area contributed by atoms with Crippen LogP contribution in [0.4, 0.5) is 5.69 Å². The highest BCUT2D eigenvalue weighted by molar-refractivity contribution is 7.14. The summed E-state index contributed by atoms with van der Waals surface area (Å²) in [5, 5.41) is 10.8. The summed E-state index contributed by atoms with van der Waals surface area (Å²) >= 11 is 1.17. The van der Waals surface area contributed by atoms with Crippen LogP contribution in [0.3, 0.4) is 0 Å². The van der Waals surface area contributed by atoms with Crippen LogP contribution in [0.1, 0.15) is 28.4 Å². The molecule has 2 atom stereocenters. The Morgan fingerprint density at radius 3 is 2.84 bits per heavy atom. The molecular weight excluding hydrogens is 268 g/mol. The van der Waals surface area contributed by atoms with Gasteiger partial charge in [-0.1, -0.05) is 0 Å². The number of amides is 1. The smallest absolute Gasteiger partial charge is 0.283 e. The molecular formula is C12H16N2O4S. The van der Waals surface area contributed by atoms with E-state index in [9.17, 15) is 14.9 Å². The van der Waals surface area contributed by atoms with E-state index in [1.165, 1.54) is 17.4 Å². The van der Waals surface area contributed by atoms with Gasteiger partial charge in [-0.05, 0) is 20.8 Å². The summed E-state index contributed by atoms with van der Waals surface area (Å²) in [6.45, 7) is 6.50. The first-order valence-corrected chi connectivity index (χ1v) is 6.89. The Kier molecular flexibility index (Phi) is 3.86. The number of hydrogen-bond acceptors (Lipinski definition) is 5. The molecule has 7 heteroatoms. The molecule has 0 aromatic carbocycles. The summed E-state index contributed by atoms with van der Waals surface area (Å²) in [6, 6.07) is 1.36. The van der Waals surface area contributed by atoms with Gasteiger partial charge in [0.2, 0.25) is 0 Å². The number of carbonyl (C=O) groups excluding carboxylic acids is 1. The van der Waals surface area contributed by atoms with Gasteiger partial charge in [0.15, 0.2) is 0 Å². The second kappa shape index (κ2) is 5.26. The average molecular weight is 284 g/mol. The lowest BCUT2D eigenvalue weighted by Crippen LogP contribution is -2.50. The molecule has 1 aliphatic rings. The van der Waals surface area contributed by atoms with E-state index in [4.69, 9.17) is 4.74 Å². The monoisotopic (exact) mass is 284 g/mol. The fourth-order valence-electron chi connectivity index (χ4n) is 2.09. The molecule has 0 aliphatic carbocycles. The van der Waals surface area contributed by atoms with Crippen molar-refractivity contribution in [3.63, 3.8) is 0 Å². The van der Waals surface area contributed by atoms with Gasteiger partial charge in [0.25, 0.3) is 11.6 Å². The van der Waals surface area contributed by atoms with E-state index in [0.29, 0.717) is 22.9 Å². The predicted octanol–water partition coefficient (Wildman–Crippen LogP) is 2.21. The highest BCUT2D eigenvalue weighted by Crippen LogP contribution is 2.29. The maximum atomic E-state index is 12.4. The maximum absolute atomic E-state index is 12.4. The minimum Gasteiger partial charge on any atom is -0.375 e. The van der Waals surface area contributed by atoms with Crippen molar-refractivity contribution in [1.29, 1.82) is 0 Å². The fourth-order valence-corrected chi connectivity index (χ4v) is 3.03. The average Bonchev–Trinajstić information content (AvgIpc) is 2.74. The number of thiophene rings is 1. The van der Waals surface area contributed by atoms with Crippen molar-refractivity contribution < 1.29 is 14.5 Å². The lowest BCUT2D eigenvalue weighted by Gasteiger charge is -2.36. The lowest BCUT2D eigenvalue weighted by molar-refractivity contribution is -0.385. The number of hydrogen-bond donors (Lipinski definition) is 0. The van der Waals surface area contributed by atoms with Crippen LogP contribution >= 0.6 is 11.3 Å². The zero-order valence-corrected chi connectivity index (χ0v) is 11.9. The van der Waals surface area contributed by atoms with Gasteiger partial charge in [0.1, 0.15) is 0 Å². The normalized spacial score (nSPS) is 23.4. The third-order valence-corrected chi connectivity index (χ3v) is 4.20. The number of nitro groups is 1. The van der Waals surface area contributed by atoms with Crippen molar-refractivity contribution in [2.45, 2.75) is 32.9 Å². The maximum Gasteiger partial charge on any atom is 0.283 e. The van der Waals surface area contributed by atoms with E-state index >= 15 is 0 Å². The van der Waals surface area contributed by atoms with Gasteiger partial charge in [-0.25, -0.2) is 0 Å². The summed E-state index contributed by atoms with van der Waals surface area (Å²) in [5.74, 6) is -0.149. The zero-order chi connectivity index (χ0) is 14.2. The second-order valence-corrected chi connectivity index (χ2v) is 6.02. The van der Waals surface area contributed by atoms with Gasteiger partial charge in [-0.3, -0.25) is 14.9 Å². The molecule has 2 rings (SSSR count). The van der Waals surface area contributed by atoms with Crippen molar-refractivity contribution in [2.75, 3.05) is 13.2 Å². The standard InChI is InChI=1S/C12H16N2O4S/c1-7-6-18-8(2)5-13(7)12(15)11-4-10(14(16)17)9(3)19-11/h4,7-8H,5-6H2,1-3H3.